The second kappa shape index (κ2) is 2.71. The molecule has 1 rings (SSSR count). The Labute approximate surface area is 76.5 Å². The highest BCUT2D eigenvalue weighted by Crippen LogP contribution is 2.34. The van der Waals surface area contributed by atoms with Gasteiger partial charge in [-0.05, 0) is 41.8 Å². The Bertz CT molecular complexity index is 153. The van der Waals surface area contributed by atoms with Gasteiger partial charge in [-0.2, -0.15) is 0 Å². The van der Waals surface area contributed by atoms with E-state index in [1.54, 1.807) is 0 Å². The maximum absolute atomic E-state index is 2.45. The normalized spacial score (nSPS) is 30.5. The standard InChI is InChI=1S/C10H22N2/c1-9(2)10(3,4)12(6)8-7-11(9)5/h7-8H2,1-6H3. The highest BCUT2D eigenvalue weighted by molar-refractivity contribution is 5.04. The molecule has 2 nitrogen and oxygen atoms in total. The Hall–Kier alpha value is -0.0800. The van der Waals surface area contributed by atoms with Gasteiger partial charge in [0.1, 0.15) is 0 Å². The van der Waals surface area contributed by atoms with Crippen LogP contribution in [-0.4, -0.2) is 48.1 Å². The molecule has 0 aliphatic carbocycles. The first kappa shape index (κ1) is 10.0. The predicted octanol–water partition coefficient (Wildman–Crippen LogP) is 1.42. The lowest BCUT2D eigenvalue weighted by Crippen LogP contribution is -2.68. The van der Waals surface area contributed by atoms with Gasteiger partial charge in [0.2, 0.25) is 0 Å². The van der Waals surface area contributed by atoms with E-state index in [2.05, 4.69) is 51.6 Å². The minimum Gasteiger partial charge on any atom is -0.298 e. The van der Waals surface area contributed by atoms with Gasteiger partial charge < -0.3 is 0 Å². The van der Waals surface area contributed by atoms with Crippen molar-refractivity contribution >= 4 is 0 Å². The second-order valence-electron chi connectivity index (χ2n) is 4.96. The van der Waals surface area contributed by atoms with Gasteiger partial charge in [-0.1, -0.05) is 0 Å². The third kappa shape index (κ3) is 1.17. The summed E-state index contributed by atoms with van der Waals surface area (Å²) in [6.07, 6.45) is 0. The van der Waals surface area contributed by atoms with E-state index in [0.29, 0.717) is 0 Å². The smallest absolute Gasteiger partial charge is 0.0328 e. The van der Waals surface area contributed by atoms with Crippen LogP contribution >= 0.6 is 0 Å². The van der Waals surface area contributed by atoms with E-state index in [1.165, 1.54) is 13.1 Å². The summed E-state index contributed by atoms with van der Waals surface area (Å²) in [5.41, 5.74) is 0.528. The average Bonchev–Trinajstić information content (AvgIpc) is 1.96. The molecular formula is C10H22N2. The molecule has 1 aliphatic heterocycles. The fourth-order valence-corrected chi connectivity index (χ4v) is 1.79. The van der Waals surface area contributed by atoms with Gasteiger partial charge in [-0.15, -0.1) is 0 Å². The molecule has 0 atom stereocenters. The first-order chi connectivity index (χ1) is 5.30. The van der Waals surface area contributed by atoms with Crippen LogP contribution in [0.4, 0.5) is 0 Å². The van der Waals surface area contributed by atoms with E-state index in [0.717, 1.165) is 0 Å². The van der Waals surface area contributed by atoms with Gasteiger partial charge in [0.25, 0.3) is 0 Å². The first-order valence-electron chi connectivity index (χ1n) is 4.72. The number of nitrogens with zero attached hydrogens (tertiary/aromatic N) is 2. The van der Waals surface area contributed by atoms with Crippen molar-refractivity contribution in [2.45, 2.75) is 38.8 Å². The van der Waals surface area contributed by atoms with Crippen molar-refractivity contribution in [2.75, 3.05) is 27.2 Å². The summed E-state index contributed by atoms with van der Waals surface area (Å²) in [6, 6.07) is 0. The lowest BCUT2D eigenvalue weighted by Gasteiger charge is -2.56. The molecule has 1 fully saturated rings. The minimum absolute atomic E-state index is 0.264. The molecule has 0 unspecified atom stereocenters. The maximum Gasteiger partial charge on any atom is 0.0328 e. The van der Waals surface area contributed by atoms with E-state index in [4.69, 9.17) is 0 Å². The van der Waals surface area contributed by atoms with Crippen LogP contribution in [0.15, 0.2) is 0 Å². The molecule has 1 saturated heterocycles. The molecule has 2 heteroatoms. The summed E-state index contributed by atoms with van der Waals surface area (Å²) in [7, 11) is 4.43. The number of hydrogen-bond donors (Lipinski definition) is 0. The van der Waals surface area contributed by atoms with Crippen molar-refractivity contribution in [1.29, 1.82) is 0 Å². The second-order valence-corrected chi connectivity index (χ2v) is 4.96. The van der Waals surface area contributed by atoms with E-state index in [-0.39, 0.29) is 11.1 Å². The van der Waals surface area contributed by atoms with E-state index >= 15 is 0 Å². The quantitative estimate of drug-likeness (QED) is 0.542. The lowest BCUT2D eigenvalue weighted by molar-refractivity contribution is -0.0576. The third-order valence-electron chi connectivity index (χ3n) is 4.18. The van der Waals surface area contributed by atoms with Crippen molar-refractivity contribution < 1.29 is 0 Å². The van der Waals surface area contributed by atoms with Crippen LogP contribution in [0.5, 0.6) is 0 Å². The van der Waals surface area contributed by atoms with Gasteiger partial charge >= 0.3 is 0 Å². The Kier molecular flexibility index (Phi) is 2.26. The average molecular weight is 170 g/mol. The summed E-state index contributed by atoms with van der Waals surface area (Å²) < 4.78 is 0. The molecule has 0 bridgehead atoms. The molecule has 72 valence electrons. The van der Waals surface area contributed by atoms with E-state index in [9.17, 15) is 0 Å². The Morgan fingerprint density at radius 1 is 0.750 bits per heavy atom. The Morgan fingerprint density at radius 2 is 1.00 bits per heavy atom. The molecule has 0 aromatic heterocycles. The molecule has 0 aromatic carbocycles. The van der Waals surface area contributed by atoms with Crippen molar-refractivity contribution in [1.82, 2.24) is 9.80 Å². The van der Waals surface area contributed by atoms with Crippen molar-refractivity contribution in [3.8, 4) is 0 Å². The van der Waals surface area contributed by atoms with Crippen LogP contribution in [-0.2, 0) is 0 Å². The van der Waals surface area contributed by atoms with E-state index in [1.807, 2.05) is 0 Å². The van der Waals surface area contributed by atoms with Gasteiger partial charge in [-0.25, -0.2) is 0 Å². The fraction of sp³-hybridized carbons (Fsp3) is 1.00. The molecular weight excluding hydrogens is 148 g/mol. The summed E-state index contributed by atoms with van der Waals surface area (Å²) in [5.74, 6) is 0. The van der Waals surface area contributed by atoms with E-state index < -0.39 is 0 Å². The molecule has 0 N–H and O–H groups in total. The molecule has 1 aliphatic rings. The van der Waals surface area contributed by atoms with Crippen LogP contribution in [0, 0.1) is 0 Å². The largest absolute Gasteiger partial charge is 0.298 e. The zero-order valence-corrected chi connectivity index (χ0v) is 9.31. The zero-order chi connectivity index (χ0) is 9.57. The highest BCUT2D eigenvalue weighted by Gasteiger charge is 2.45. The van der Waals surface area contributed by atoms with Crippen LogP contribution in [0.2, 0.25) is 0 Å². The van der Waals surface area contributed by atoms with Crippen molar-refractivity contribution in [2.24, 2.45) is 0 Å². The molecule has 0 radical (unpaired) electrons. The lowest BCUT2D eigenvalue weighted by atomic mass is 9.78. The predicted molar refractivity (Wildman–Crippen MR) is 53.4 cm³/mol. The monoisotopic (exact) mass is 170 g/mol. The maximum atomic E-state index is 2.45. The Morgan fingerprint density at radius 3 is 1.25 bits per heavy atom. The topological polar surface area (TPSA) is 6.48 Å². The molecule has 1 heterocycles. The van der Waals surface area contributed by atoms with Gasteiger partial charge in [-0.3, -0.25) is 9.80 Å². The number of likely N-dealkylation sites (N-methyl/N-ethyl adjacent to an activating group) is 2. The van der Waals surface area contributed by atoms with Gasteiger partial charge in [0.15, 0.2) is 0 Å². The van der Waals surface area contributed by atoms with Crippen LogP contribution in [0.3, 0.4) is 0 Å². The van der Waals surface area contributed by atoms with Gasteiger partial charge in [0.05, 0.1) is 0 Å². The van der Waals surface area contributed by atoms with Gasteiger partial charge in [0, 0.05) is 24.2 Å². The number of rotatable bonds is 0. The molecule has 12 heavy (non-hydrogen) atoms. The van der Waals surface area contributed by atoms with Crippen LogP contribution < -0.4 is 0 Å². The molecule has 0 spiro atoms. The highest BCUT2D eigenvalue weighted by atomic mass is 15.3. The van der Waals surface area contributed by atoms with Crippen LogP contribution in [0.25, 0.3) is 0 Å². The van der Waals surface area contributed by atoms with Crippen molar-refractivity contribution in [3.05, 3.63) is 0 Å². The first-order valence-corrected chi connectivity index (χ1v) is 4.72. The summed E-state index contributed by atoms with van der Waals surface area (Å²) in [4.78, 5) is 4.90. The third-order valence-corrected chi connectivity index (χ3v) is 4.18. The Balaban J connectivity index is 2.92. The molecule has 0 aromatic rings. The number of piperazine rings is 1. The number of hydrogen-bond acceptors (Lipinski definition) is 2. The minimum atomic E-state index is 0.264. The zero-order valence-electron chi connectivity index (χ0n) is 9.31. The van der Waals surface area contributed by atoms with Crippen LogP contribution in [0.1, 0.15) is 27.7 Å². The SMILES string of the molecule is CN1CCN(C)C(C)(C)C1(C)C. The van der Waals surface area contributed by atoms with Crippen molar-refractivity contribution in [3.63, 3.8) is 0 Å². The molecule has 0 amide bonds. The molecule has 0 saturated carbocycles. The summed E-state index contributed by atoms with van der Waals surface area (Å²) in [6.45, 7) is 11.6. The fourth-order valence-electron chi connectivity index (χ4n) is 1.79. The summed E-state index contributed by atoms with van der Waals surface area (Å²) >= 11 is 0. The summed E-state index contributed by atoms with van der Waals surface area (Å²) in [5, 5.41) is 0.